The number of carbonyl (C=O) groups is 1. The van der Waals surface area contributed by atoms with E-state index < -0.39 is 0 Å². The van der Waals surface area contributed by atoms with Gasteiger partial charge in [0.05, 0.1) is 26.4 Å². The number of morpholine rings is 1. The van der Waals surface area contributed by atoms with Gasteiger partial charge >= 0.3 is 0 Å². The highest BCUT2D eigenvalue weighted by atomic mass is 16.5. The van der Waals surface area contributed by atoms with Gasteiger partial charge in [-0.3, -0.25) is 9.69 Å². The second kappa shape index (κ2) is 8.27. The number of likely N-dealkylation sites (tertiary alicyclic amines) is 1. The van der Waals surface area contributed by atoms with Crippen molar-refractivity contribution in [2.24, 2.45) is 11.3 Å². The fourth-order valence-corrected chi connectivity index (χ4v) is 5.28. The van der Waals surface area contributed by atoms with E-state index in [0.29, 0.717) is 30.5 Å². The molecule has 1 spiro atoms. The number of ether oxygens (including phenoxy) is 3. The molecule has 3 atom stereocenters. The monoisotopic (exact) mass is 418 g/mol. The van der Waals surface area contributed by atoms with Gasteiger partial charge in [-0.25, -0.2) is 0 Å². The Morgan fingerprint density at radius 3 is 2.23 bits per heavy atom. The Morgan fingerprint density at radius 2 is 1.70 bits per heavy atom. The molecule has 2 saturated heterocycles. The zero-order valence-corrected chi connectivity index (χ0v) is 18.5. The van der Waals surface area contributed by atoms with Gasteiger partial charge in [0, 0.05) is 25.6 Å². The minimum absolute atomic E-state index is 0.0347. The number of amides is 1. The van der Waals surface area contributed by atoms with Crippen molar-refractivity contribution in [2.45, 2.75) is 51.9 Å². The smallest absolute Gasteiger partial charge is 0.226 e. The summed E-state index contributed by atoms with van der Waals surface area (Å²) in [7, 11) is 3.09. The van der Waals surface area contributed by atoms with E-state index in [2.05, 4.69) is 4.90 Å². The molecule has 1 aromatic rings. The summed E-state index contributed by atoms with van der Waals surface area (Å²) in [6, 6.07) is 3.74. The predicted molar refractivity (Wildman–Crippen MR) is 113 cm³/mol. The van der Waals surface area contributed by atoms with Crippen molar-refractivity contribution in [2.75, 3.05) is 40.4 Å². The number of benzene rings is 1. The first kappa shape index (κ1) is 21.2. The molecular formula is C23H34N2O5. The first-order chi connectivity index (χ1) is 14.3. The Balaban J connectivity index is 1.33. The summed E-state index contributed by atoms with van der Waals surface area (Å²) >= 11 is 0. The summed E-state index contributed by atoms with van der Waals surface area (Å²) in [6.45, 7) is 8.25. The third-order valence-corrected chi connectivity index (χ3v) is 7.02. The second-order valence-electron chi connectivity index (χ2n) is 9.24. The van der Waals surface area contributed by atoms with Gasteiger partial charge < -0.3 is 24.2 Å². The summed E-state index contributed by atoms with van der Waals surface area (Å²) in [4.78, 5) is 17.5. The van der Waals surface area contributed by atoms with Crippen LogP contribution in [0.5, 0.6) is 17.2 Å². The summed E-state index contributed by atoms with van der Waals surface area (Å²) in [6.07, 6.45) is 3.39. The molecule has 1 saturated carbocycles. The van der Waals surface area contributed by atoms with E-state index >= 15 is 0 Å². The van der Waals surface area contributed by atoms with Crippen molar-refractivity contribution in [3.05, 3.63) is 17.7 Å². The van der Waals surface area contributed by atoms with Crippen LogP contribution in [0.4, 0.5) is 0 Å². The molecule has 4 rings (SSSR count). The molecule has 2 aliphatic heterocycles. The van der Waals surface area contributed by atoms with Gasteiger partial charge in [-0.2, -0.15) is 0 Å². The molecule has 1 aliphatic carbocycles. The SMILES string of the molecule is COc1cc(CN2CCC3(CC2)C[C@H]3C(=O)N2C[C@@H](C)O[C@@H](C)C2)cc(OC)c1O. The number of hydrogen-bond acceptors (Lipinski definition) is 6. The lowest BCUT2D eigenvalue weighted by Crippen LogP contribution is -2.49. The van der Waals surface area contributed by atoms with E-state index in [4.69, 9.17) is 14.2 Å². The van der Waals surface area contributed by atoms with Crippen LogP contribution in [0.2, 0.25) is 0 Å². The van der Waals surface area contributed by atoms with Crippen molar-refractivity contribution in [1.29, 1.82) is 0 Å². The molecule has 3 aliphatic rings. The molecular weight excluding hydrogens is 384 g/mol. The van der Waals surface area contributed by atoms with Crippen LogP contribution in [-0.2, 0) is 16.1 Å². The molecule has 7 nitrogen and oxygen atoms in total. The maximum Gasteiger partial charge on any atom is 0.226 e. The minimum Gasteiger partial charge on any atom is -0.502 e. The predicted octanol–water partition coefficient (Wildman–Crippen LogP) is 2.65. The maximum atomic E-state index is 13.1. The van der Waals surface area contributed by atoms with Crippen LogP contribution < -0.4 is 9.47 Å². The summed E-state index contributed by atoms with van der Waals surface area (Å²) in [5.41, 5.74) is 1.25. The molecule has 3 fully saturated rings. The molecule has 0 unspecified atom stereocenters. The molecule has 0 radical (unpaired) electrons. The fraction of sp³-hybridized carbons (Fsp3) is 0.696. The van der Waals surface area contributed by atoms with E-state index in [1.807, 2.05) is 30.9 Å². The lowest BCUT2D eigenvalue weighted by atomic mass is 9.90. The molecule has 166 valence electrons. The van der Waals surface area contributed by atoms with E-state index in [1.165, 1.54) is 0 Å². The van der Waals surface area contributed by atoms with Crippen molar-refractivity contribution >= 4 is 5.91 Å². The lowest BCUT2D eigenvalue weighted by molar-refractivity contribution is -0.145. The van der Waals surface area contributed by atoms with Crippen LogP contribution in [-0.4, -0.2) is 73.4 Å². The number of nitrogens with zero attached hydrogens (tertiary/aromatic N) is 2. The average Bonchev–Trinajstić information content (AvgIpc) is 3.43. The van der Waals surface area contributed by atoms with Gasteiger partial charge in [-0.05, 0) is 69.3 Å². The standard InChI is InChI=1S/C23H34N2O5/c1-15-12-25(13-16(2)30-15)22(27)18-11-23(18)5-7-24(8-6-23)14-17-9-19(28-3)21(26)20(10-17)29-4/h9-10,15-16,18,26H,5-8,11-14H2,1-4H3/t15-,16+,18-/m0/s1. The minimum atomic E-state index is 0.0347. The maximum absolute atomic E-state index is 13.1. The Kier molecular flexibility index (Phi) is 5.86. The van der Waals surface area contributed by atoms with E-state index in [0.717, 1.165) is 44.5 Å². The molecule has 1 N–H and O–H groups in total. The summed E-state index contributed by atoms with van der Waals surface area (Å²) < 4.78 is 16.3. The molecule has 1 amide bonds. The number of hydrogen-bond donors (Lipinski definition) is 1. The summed E-state index contributed by atoms with van der Waals surface area (Å²) in [5.74, 6) is 1.41. The summed E-state index contributed by atoms with van der Waals surface area (Å²) in [5, 5.41) is 10.1. The largest absolute Gasteiger partial charge is 0.502 e. The van der Waals surface area contributed by atoms with Gasteiger partial charge in [0.25, 0.3) is 0 Å². The highest BCUT2D eigenvalue weighted by Crippen LogP contribution is 2.60. The van der Waals surface area contributed by atoms with Gasteiger partial charge in [0.2, 0.25) is 11.7 Å². The van der Waals surface area contributed by atoms with Gasteiger partial charge in [-0.1, -0.05) is 0 Å². The van der Waals surface area contributed by atoms with Crippen molar-refractivity contribution in [1.82, 2.24) is 9.80 Å². The van der Waals surface area contributed by atoms with E-state index in [1.54, 1.807) is 14.2 Å². The zero-order chi connectivity index (χ0) is 21.5. The molecule has 30 heavy (non-hydrogen) atoms. The Morgan fingerprint density at radius 1 is 1.13 bits per heavy atom. The van der Waals surface area contributed by atoms with Gasteiger partial charge in [-0.15, -0.1) is 0 Å². The van der Waals surface area contributed by atoms with Crippen molar-refractivity contribution < 1.29 is 24.1 Å². The van der Waals surface area contributed by atoms with E-state index in [9.17, 15) is 9.90 Å². The number of rotatable bonds is 5. The first-order valence-electron chi connectivity index (χ1n) is 11.0. The molecule has 0 aromatic heterocycles. The van der Waals surface area contributed by atoms with Crippen LogP contribution in [0.1, 0.15) is 38.7 Å². The fourth-order valence-electron chi connectivity index (χ4n) is 5.28. The number of aromatic hydroxyl groups is 1. The van der Waals surface area contributed by atoms with Crippen LogP contribution in [0.25, 0.3) is 0 Å². The first-order valence-corrected chi connectivity index (χ1v) is 11.0. The van der Waals surface area contributed by atoms with Crippen molar-refractivity contribution in [3.63, 3.8) is 0 Å². The number of piperidine rings is 1. The number of methoxy groups -OCH3 is 2. The molecule has 0 bridgehead atoms. The van der Waals surface area contributed by atoms with Crippen LogP contribution in [0.3, 0.4) is 0 Å². The number of phenolic OH excluding ortho intramolecular Hbond substituents is 1. The third kappa shape index (κ3) is 4.10. The lowest BCUT2D eigenvalue weighted by Gasteiger charge is -2.37. The Bertz CT molecular complexity index is 755. The van der Waals surface area contributed by atoms with Crippen LogP contribution in [0, 0.1) is 11.3 Å². The highest BCUT2D eigenvalue weighted by molar-refractivity contribution is 5.83. The zero-order valence-electron chi connectivity index (χ0n) is 18.5. The quantitative estimate of drug-likeness (QED) is 0.793. The topological polar surface area (TPSA) is 71.5 Å². The van der Waals surface area contributed by atoms with E-state index in [-0.39, 0.29) is 29.3 Å². The van der Waals surface area contributed by atoms with Crippen LogP contribution in [0.15, 0.2) is 12.1 Å². The second-order valence-corrected chi connectivity index (χ2v) is 9.24. The average molecular weight is 419 g/mol. The number of carbonyl (C=O) groups excluding carboxylic acids is 1. The highest BCUT2D eigenvalue weighted by Gasteiger charge is 2.59. The molecule has 2 heterocycles. The van der Waals surface area contributed by atoms with Crippen molar-refractivity contribution in [3.8, 4) is 17.2 Å². The number of phenols is 1. The molecule has 1 aromatic carbocycles. The molecule has 7 heteroatoms. The van der Waals surface area contributed by atoms with Crippen LogP contribution >= 0.6 is 0 Å². The third-order valence-electron chi connectivity index (χ3n) is 7.02. The van der Waals surface area contributed by atoms with Gasteiger partial charge in [0.15, 0.2) is 11.5 Å². The normalized spacial score (nSPS) is 28.4. The van der Waals surface area contributed by atoms with Gasteiger partial charge in [0.1, 0.15) is 0 Å². The Hall–Kier alpha value is -1.99. The Labute approximate surface area is 178 Å².